The van der Waals surface area contributed by atoms with Crippen molar-refractivity contribution in [2.45, 2.75) is 37.7 Å². The molecule has 2 amide bonds. The van der Waals surface area contributed by atoms with E-state index < -0.39 is 18.1 Å². The number of urea groups is 1. The molecule has 140 valence electrons. The Bertz CT molecular complexity index is 754. The quantitative estimate of drug-likeness (QED) is 0.650. The lowest BCUT2D eigenvalue weighted by molar-refractivity contribution is 0.0604. The van der Waals surface area contributed by atoms with Crippen molar-refractivity contribution in [1.82, 2.24) is 10.3 Å². The lowest BCUT2D eigenvalue weighted by atomic mass is 10.0. The molecule has 0 aromatic carbocycles. The largest absolute Gasteiger partial charge is 0.465 e. The van der Waals surface area contributed by atoms with Crippen molar-refractivity contribution in [2.75, 3.05) is 19.0 Å². The Morgan fingerprint density at radius 2 is 2.19 bits per heavy atom. The number of carbonyl (C=O) groups is 2. The van der Waals surface area contributed by atoms with E-state index in [9.17, 15) is 14.7 Å². The second-order valence-electron chi connectivity index (χ2n) is 6.11. The lowest BCUT2D eigenvalue weighted by Crippen LogP contribution is -2.32. The first-order valence-corrected chi connectivity index (χ1v) is 10.2. The van der Waals surface area contributed by atoms with E-state index in [0.717, 1.165) is 42.6 Å². The monoisotopic (exact) mass is 395 g/mol. The first-order chi connectivity index (χ1) is 12.6. The van der Waals surface area contributed by atoms with Gasteiger partial charge < -0.3 is 15.2 Å². The van der Waals surface area contributed by atoms with Crippen molar-refractivity contribution in [2.24, 2.45) is 0 Å². The van der Waals surface area contributed by atoms with E-state index in [0.29, 0.717) is 15.7 Å². The average molecular weight is 396 g/mol. The van der Waals surface area contributed by atoms with Crippen LogP contribution < -0.4 is 10.6 Å². The Balaban J connectivity index is 1.63. The van der Waals surface area contributed by atoms with Crippen LogP contribution in [0.15, 0.2) is 16.8 Å². The molecular formula is C17H21N3O4S2. The molecule has 1 fully saturated rings. The van der Waals surface area contributed by atoms with E-state index in [4.69, 9.17) is 4.74 Å². The van der Waals surface area contributed by atoms with Crippen LogP contribution in [0.25, 0.3) is 0 Å². The fourth-order valence-corrected chi connectivity index (χ4v) is 4.69. The smallest absolute Gasteiger partial charge is 0.350 e. The van der Waals surface area contributed by atoms with E-state index in [-0.39, 0.29) is 12.5 Å². The number of hydrogen-bond acceptors (Lipinski definition) is 7. The summed E-state index contributed by atoms with van der Waals surface area (Å²) in [5.41, 5.74) is 1.48. The van der Waals surface area contributed by atoms with E-state index in [1.807, 2.05) is 16.8 Å². The first-order valence-electron chi connectivity index (χ1n) is 8.42. The summed E-state index contributed by atoms with van der Waals surface area (Å²) in [6.07, 6.45) is 3.46. The number of thiophene rings is 1. The van der Waals surface area contributed by atoms with Gasteiger partial charge in [0.25, 0.3) is 0 Å². The van der Waals surface area contributed by atoms with Crippen LogP contribution in [0.4, 0.5) is 9.93 Å². The highest BCUT2D eigenvalue weighted by Crippen LogP contribution is 2.38. The fourth-order valence-electron chi connectivity index (χ4n) is 3.01. The number of thiazole rings is 1. The van der Waals surface area contributed by atoms with E-state index in [1.54, 1.807) is 0 Å². The normalized spacial score (nSPS) is 15.6. The van der Waals surface area contributed by atoms with Gasteiger partial charge in [-0.05, 0) is 35.2 Å². The number of ether oxygens (including phenoxy) is 1. The molecule has 7 nitrogen and oxygen atoms in total. The third kappa shape index (κ3) is 4.40. The average Bonchev–Trinajstić information content (AvgIpc) is 3.39. The minimum absolute atomic E-state index is 0.0906. The van der Waals surface area contributed by atoms with Crippen LogP contribution in [-0.2, 0) is 4.74 Å². The van der Waals surface area contributed by atoms with E-state index in [2.05, 4.69) is 15.6 Å². The molecule has 1 saturated carbocycles. The maximum atomic E-state index is 12.1. The van der Waals surface area contributed by atoms with Crippen LogP contribution in [0.5, 0.6) is 0 Å². The van der Waals surface area contributed by atoms with Crippen LogP contribution >= 0.6 is 22.7 Å². The second-order valence-corrected chi connectivity index (χ2v) is 7.89. The molecule has 2 aromatic rings. The molecule has 26 heavy (non-hydrogen) atoms. The Hall–Kier alpha value is -1.97. The Kier molecular flexibility index (Phi) is 6.23. The highest BCUT2D eigenvalue weighted by atomic mass is 32.1. The molecule has 1 aliphatic rings. The van der Waals surface area contributed by atoms with Crippen LogP contribution in [0.3, 0.4) is 0 Å². The number of anilines is 1. The summed E-state index contributed by atoms with van der Waals surface area (Å²) < 4.78 is 4.85. The summed E-state index contributed by atoms with van der Waals surface area (Å²) in [6.45, 7) is 0.0906. The molecule has 1 aliphatic carbocycles. The van der Waals surface area contributed by atoms with Gasteiger partial charge in [-0.25, -0.2) is 14.6 Å². The van der Waals surface area contributed by atoms with Gasteiger partial charge in [-0.15, -0.1) is 0 Å². The molecule has 3 N–H and O–H groups in total. The molecular weight excluding hydrogens is 374 g/mol. The van der Waals surface area contributed by atoms with Gasteiger partial charge >= 0.3 is 12.0 Å². The molecule has 0 radical (unpaired) electrons. The number of aromatic nitrogens is 1. The minimum atomic E-state index is -0.761. The third-order valence-corrected chi connectivity index (χ3v) is 6.04. The number of esters is 1. The molecule has 2 aromatic heterocycles. The van der Waals surface area contributed by atoms with Gasteiger partial charge in [-0.3, -0.25) is 5.32 Å². The summed E-state index contributed by atoms with van der Waals surface area (Å²) in [5.74, 6) is -0.190. The topological polar surface area (TPSA) is 101 Å². The van der Waals surface area contributed by atoms with Gasteiger partial charge in [0.15, 0.2) is 5.13 Å². The van der Waals surface area contributed by atoms with E-state index >= 15 is 0 Å². The third-order valence-electron chi connectivity index (χ3n) is 4.37. The van der Waals surface area contributed by atoms with Crippen molar-refractivity contribution in [3.05, 3.63) is 33.0 Å². The molecule has 1 atom stereocenters. The molecule has 0 aliphatic heterocycles. The van der Waals surface area contributed by atoms with Crippen molar-refractivity contribution >= 4 is 39.8 Å². The summed E-state index contributed by atoms with van der Waals surface area (Å²) in [6, 6.07) is 1.34. The summed E-state index contributed by atoms with van der Waals surface area (Å²) in [7, 11) is 1.34. The van der Waals surface area contributed by atoms with Crippen LogP contribution in [0.2, 0.25) is 0 Å². The van der Waals surface area contributed by atoms with Gasteiger partial charge in [0.05, 0.1) is 18.9 Å². The number of amides is 2. The molecule has 0 spiro atoms. The predicted molar refractivity (Wildman–Crippen MR) is 101 cm³/mol. The molecule has 0 saturated heterocycles. The van der Waals surface area contributed by atoms with E-state index in [1.165, 1.54) is 18.4 Å². The number of aliphatic hydroxyl groups is 1. The number of rotatable bonds is 6. The summed E-state index contributed by atoms with van der Waals surface area (Å²) >= 11 is 2.61. The van der Waals surface area contributed by atoms with Crippen molar-refractivity contribution in [1.29, 1.82) is 0 Å². The number of aliphatic hydroxyl groups excluding tert-OH is 1. The van der Waals surface area contributed by atoms with Crippen LogP contribution in [-0.4, -0.2) is 35.7 Å². The SMILES string of the molecule is COC(=O)c1sc(NC(=O)NC[C@H](O)c2ccsc2)nc1C1CCCC1. The standard InChI is InChI=1S/C17H21N3O4S2/c1-24-15(22)14-13(10-4-2-3-5-10)19-17(26-14)20-16(23)18-8-12(21)11-6-7-25-9-11/h6-7,9-10,12,21H,2-5,8H2,1H3,(H2,18,19,20,23)/t12-/m0/s1. The Morgan fingerprint density at radius 1 is 1.42 bits per heavy atom. The van der Waals surface area contributed by atoms with Crippen molar-refractivity contribution in [3.63, 3.8) is 0 Å². The maximum absolute atomic E-state index is 12.1. The Labute approximate surface area is 159 Å². The number of carbonyl (C=O) groups excluding carboxylic acids is 2. The van der Waals surface area contributed by atoms with Crippen molar-refractivity contribution < 1.29 is 19.4 Å². The van der Waals surface area contributed by atoms with Crippen molar-refractivity contribution in [3.8, 4) is 0 Å². The number of hydrogen-bond donors (Lipinski definition) is 3. The maximum Gasteiger partial charge on any atom is 0.350 e. The first kappa shape index (κ1) is 18.8. The molecule has 9 heteroatoms. The zero-order chi connectivity index (χ0) is 18.5. The zero-order valence-electron chi connectivity index (χ0n) is 14.4. The molecule has 2 heterocycles. The lowest BCUT2D eigenvalue weighted by Gasteiger charge is -2.10. The molecule has 0 bridgehead atoms. The molecule has 3 rings (SSSR count). The summed E-state index contributed by atoms with van der Waals surface area (Å²) in [5, 5.41) is 19.3. The minimum Gasteiger partial charge on any atom is -0.465 e. The van der Waals surface area contributed by atoms with Crippen LogP contribution in [0, 0.1) is 0 Å². The van der Waals surface area contributed by atoms with Gasteiger partial charge in [-0.2, -0.15) is 11.3 Å². The predicted octanol–water partition coefficient (Wildman–Crippen LogP) is 3.50. The van der Waals surface area contributed by atoms with Gasteiger partial charge in [0.2, 0.25) is 0 Å². The van der Waals surface area contributed by atoms with Gasteiger partial charge in [0, 0.05) is 12.5 Å². The fraction of sp³-hybridized carbons (Fsp3) is 0.471. The highest BCUT2D eigenvalue weighted by Gasteiger charge is 2.28. The molecule has 0 unspecified atom stereocenters. The van der Waals surface area contributed by atoms with Crippen LogP contribution in [0.1, 0.15) is 58.6 Å². The van der Waals surface area contributed by atoms with Gasteiger partial charge in [-0.1, -0.05) is 24.2 Å². The highest BCUT2D eigenvalue weighted by molar-refractivity contribution is 7.17. The second kappa shape index (κ2) is 8.61. The van der Waals surface area contributed by atoms with Gasteiger partial charge in [0.1, 0.15) is 4.88 Å². The summed E-state index contributed by atoms with van der Waals surface area (Å²) in [4.78, 5) is 29.0. The Morgan fingerprint density at radius 3 is 2.85 bits per heavy atom. The number of nitrogens with one attached hydrogen (secondary N) is 2. The number of nitrogens with zero attached hydrogens (tertiary/aromatic N) is 1. The zero-order valence-corrected chi connectivity index (χ0v) is 16.0. The number of methoxy groups -OCH3 is 1.